The molecule has 0 atom stereocenters. The highest BCUT2D eigenvalue weighted by Gasteiger charge is 2.23. The van der Waals surface area contributed by atoms with E-state index in [0.717, 1.165) is 16.8 Å². The number of aromatic nitrogens is 2. The first-order chi connectivity index (χ1) is 13.5. The molecule has 1 aromatic heterocycles. The maximum atomic E-state index is 12.7. The maximum Gasteiger partial charge on any atom is 0.409 e. The van der Waals surface area contributed by atoms with Gasteiger partial charge in [0.15, 0.2) is 0 Å². The minimum absolute atomic E-state index is 0.272. The summed E-state index contributed by atoms with van der Waals surface area (Å²) in [6, 6.07) is 7.55. The lowest BCUT2D eigenvalue weighted by Gasteiger charge is -2.34. The number of amides is 2. The summed E-state index contributed by atoms with van der Waals surface area (Å²) in [6.45, 7) is 8.40. The third-order valence-electron chi connectivity index (χ3n) is 4.73. The van der Waals surface area contributed by atoms with Crippen molar-refractivity contribution in [3.8, 4) is 0 Å². The summed E-state index contributed by atoms with van der Waals surface area (Å²) in [7, 11) is 0. The monoisotopic (exact) mass is 383 g/mol. The van der Waals surface area contributed by atoms with Gasteiger partial charge in [-0.05, 0) is 31.9 Å². The fourth-order valence-corrected chi connectivity index (χ4v) is 3.17. The topological polar surface area (TPSA) is 87.7 Å². The molecule has 2 heterocycles. The van der Waals surface area contributed by atoms with Crippen LogP contribution in [0.2, 0.25) is 0 Å². The first-order valence-electron chi connectivity index (χ1n) is 9.36. The number of piperazine rings is 1. The lowest BCUT2D eigenvalue weighted by Crippen LogP contribution is -2.49. The molecule has 1 aliphatic rings. The second kappa shape index (κ2) is 8.69. The number of nitrogens with zero attached hydrogens (tertiary/aromatic N) is 4. The van der Waals surface area contributed by atoms with Crippen molar-refractivity contribution in [3.63, 3.8) is 0 Å². The number of nitrogens with one attached hydrogen (secondary N) is 1. The van der Waals surface area contributed by atoms with Crippen LogP contribution in [0.3, 0.4) is 0 Å². The van der Waals surface area contributed by atoms with Crippen LogP contribution in [0.25, 0.3) is 0 Å². The van der Waals surface area contributed by atoms with Gasteiger partial charge in [-0.3, -0.25) is 4.79 Å². The average molecular weight is 383 g/mol. The molecular weight excluding hydrogens is 358 g/mol. The van der Waals surface area contributed by atoms with Crippen LogP contribution in [0.15, 0.2) is 30.6 Å². The van der Waals surface area contributed by atoms with Gasteiger partial charge in [-0.25, -0.2) is 14.8 Å². The molecule has 148 valence electrons. The molecule has 0 aliphatic carbocycles. The van der Waals surface area contributed by atoms with Gasteiger partial charge in [0.25, 0.3) is 5.91 Å². The fourth-order valence-electron chi connectivity index (χ4n) is 3.17. The number of hydrogen-bond donors (Lipinski definition) is 1. The van der Waals surface area contributed by atoms with Crippen molar-refractivity contribution in [2.24, 2.45) is 0 Å². The molecule has 3 rings (SSSR count). The van der Waals surface area contributed by atoms with Gasteiger partial charge >= 0.3 is 6.09 Å². The molecule has 0 unspecified atom stereocenters. The molecule has 0 saturated carbocycles. The molecule has 8 heteroatoms. The summed E-state index contributed by atoms with van der Waals surface area (Å²) >= 11 is 0. The van der Waals surface area contributed by atoms with Gasteiger partial charge in [0, 0.05) is 37.9 Å². The van der Waals surface area contributed by atoms with Crippen LogP contribution in [-0.4, -0.2) is 59.7 Å². The molecule has 2 aromatic rings. The van der Waals surface area contributed by atoms with Crippen LogP contribution in [0, 0.1) is 13.8 Å². The molecular formula is C20H25N5O3. The van der Waals surface area contributed by atoms with Crippen LogP contribution in [0.1, 0.15) is 28.5 Å². The zero-order chi connectivity index (χ0) is 20.1. The zero-order valence-electron chi connectivity index (χ0n) is 16.4. The van der Waals surface area contributed by atoms with E-state index in [1.165, 1.54) is 6.33 Å². The molecule has 8 nitrogen and oxygen atoms in total. The summed E-state index contributed by atoms with van der Waals surface area (Å²) < 4.78 is 5.04. The van der Waals surface area contributed by atoms with E-state index >= 15 is 0 Å². The average Bonchev–Trinajstić information content (AvgIpc) is 2.71. The van der Waals surface area contributed by atoms with Gasteiger partial charge in [0.05, 0.1) is 6.61 Å². The number of para-hydroxylation sites is 1. The van der Waals surface area contributed by atoms with E-state index in [9.17, 15) is 9.59 Å². The first-order valence-corrected chi connectivity index (χ1v) is 9.36. The van der Waals surface area contributed by atoms with Gasteiger partial charge in [0.2, 0.25) is 0 Å². The van der Waals surface area contributed by atoms with Crippen LogP contribution in [0.5, 0.6) is 0 Å². The van der Waals surface area contributed by atoms with E-state index in [0.29, 0.717) is 44.3 Å². The van der Waals surface area contributed by atoms with Crippen LogP contribution in [-0.2, 0) is 4.74 Å². The normalized spacial score (nSPS) is 14.0. The van der Waals surface area contributed by atoms with Crippen molar-refractivity contribution in [2.75, 3.05) is 43.0 Å². The number of benzene rings is 1. The van der Waals surface area contributed by atoms with Crippen molar-refractivity contribution in [1.29, 1.82) is 0 Å². The SMILES string of the molecule is CCOC(=O)N1CCN(c2cc(C(=O)Nc3c(C)cccc3C)ncn2)CC1. The summed E-state index contributed by atoms with van der Waals surface area (Å²) in [5.41, 5.74) is 3.10. The quantitative estimate of drug-likeness (QED) is 0.873. The predicted octanol–water partition coefficient (Wildman–Crippen LogP) is 2.62. The highest BCUT2D eigenvalue weighted by molar-refractivity contribution is 6.04. The largest absolute Gasteiger partial charge is 0.450 e. The second-order valence-electron chi connectivity index (χ2n) is 6.66. The highest BCUT2D eigenvalue weighted by atomic mass is 16.6. The third kappa shape index (κ3) is 4.39. The second-order valence-corrected chi connectivity index (χ2v) is 6.66. The summed E-state index contributed by atoms with van der Waals surface area (Å²) in [5, 5.41) is 2.94. The molecule has 1 fully saturated rings. The first kappa shape index (κ1) is 19.6. The number of carbonyl (C=O) groups is 2. The number of aryl methyl sites for hydroxylation is 2. The zero-order valence-corrected chi connectivity index (χ0v) is 16.4. The summed E-state index contributed by atoms with van der Waals surface area (Å²) in [6.07, 6.45) is 1.10. The fraction of sp³-hybridized carbons (Fsp3) is 0.400. The predicted molar refractivity (Wildman–Crippen MR) is 107 cm³/mol. The van der Waals surface area contributed by atoms with Crippen LogP contribution < -0.4 is 10.2 Å². The van der Waals surface area contributed by atoms with E-state index in [2.05, 4.69) is 15.3 Å². The standard InChI is InChI=1S/C20H25N5O3/c1-4-28-20(27)25-10-8-24(9-11-25)17-12-16(21-13-22-17)19(26)23-18-14(2)6-5-7-15(18)3/h5-7,12-13H,4,8-11H2,1-3H3,(H,23,26). The Bertz CT molecular complexity index is 842. The number of hydrogen-bond acceptors (Lipinski definition) is 6. The summed E-state index contributed by atoms with van der Waals surface area (Å²) in [4.78, 5) is 36.6. The number of ether oxygens (including phenoxy) is 1. The lowest BCUT2D eigenvalue weighted by molar-refractivity contribution is 0.102. The van der Waals surface area contributed by atoms with Crippen molar-refractivity contribution in [1.82, 2.24) is 14.9 Å². The Kier molecular flexibility index (Phi) is 6.08. The molecule has 0 bridgehead atoms. The van der Waals surface area contributed by atoms with Crippen molar-refractivity contribution < 1.29 is 14.3 Å². The molecule has 1 aliphatic heterocycles. The van der Waals surface area contributed by atoms with E-state index in [1.54, 1.807) is 17.9 Å². The minimum Gasteiger partial charge on any atom is -0.450 e. The smallest absolute Gasteiger partial charge is 0.409 e. The van der Waals surface area contributed by atoms with E-state index in [4.69, 9.17) is 4.74 Å². The third-order valence-corrected chi connectivity index (χ3v) is 4.73. The Morgan fingerprint density at radius 3 is 2.43 bits per heavy atom. The van der Waals surface area contributed by atoms with E-state index in [1.807, 2.05) is 36.9 Å². The maximum absolute atomic E-state index is 12.7. The molecule has 1 aromatic carbocycles. The van der Waals surface area contributed by atoms with E-state index in [-0.39, 0.29) is 12.0 Å². The molecule has 0 spiro atoms. The Morgan fingerprint density at radius 2 is 1.79 bits per heavy atom. The van der Waals surface area contributed by atoms with Crippen molar-refractivity contribution >= 4 is 23.5 Å². The van der Waals surface area contributed by atoms with Gasteiger partial charge in [-0.1, -0.05) is 18.2 Å². The van der Waals surface area contributed by atoms with Gasteiger partial charge in [-0.2, -0.15) is 0 Å². The lowest BCUT2D eigenvalue weighted by atomic mass is 10.1. The molecule has 1 N–H and O–H groups in total. The number of carbonyl (C=O) groups excluding carboxylic acids is 2. The van der Waals surface area contributed by atoms with E-state index < -0.39 is 0 Å². The highest BCUT2D eigenvalue weighted by Crippen LogP contribution is 2.21. The molecule has 0 radical (unpaired) electrons. The van der Waals surface area contributed by atoms with Crippen LogP contribution in [0.4, 0.5) is 16.3 Å². The molecule has 28 heavy (non-hydrogen) atoms. The van der Waals surface area contributed by atoms with Gasteiger partial charge < -0.3 is 19.9 Å². The van der Waals surface area contributed by atoms with Crippen molar-refractivity contribution in [2.45, 2.75) is 20.8 Å². The number of rotatable bonds is 4. The van der Waals surface area contributed by atoms with Crippen LogP contribution >= 0.6 is 0 Å². The van der Waals surface area contributed by atoms with Gasteiger partial charge in [0.1, 0.15) is 17.8 Å². The number of anilines is 2. The van der Waals surface area contributed by atoms with Crippen molar-refractivity contribution in [3.05, 3.63) is 47.4 Å². The Balaban J connectivity index is 1.68. The summed E-state index contributed by atoms with van der Waals surface area (Å²) in [5.74, 6) is 0.399. The Morgan fingerprint density at radius 1 is 1.11 bits per heavy atom. The Hall–Kier alpha value is -3.16. The minimum atomic E-state index is -0.293. The van der Waals surface area contributed by atoms with Gasteiger partial charge in [-0.15, -0.1) is 0 Å². The molecule has 1 saturated heterocycles. The molecule has 2 amide bonds. The Labute approximate surface area is 164 Å².